The van der Waals surface area contributed by atoms with E-state index in [1.165, 1.54) is 0 Å². The van der Waals surface area contributed by atoms with Crippen molar-refractivity contribution in [3.8, 4) is 0 Å². The Bertz CT molecular complexity index is 1160. The number of Topliss-reactive ketones (excluding diaryl/α,β-unsaturated/α-hetero) is 2. The maximum atomic E-state index is 11.7. The number of benzene rings is 2. The average Bonchev–Trinajstić information content (AvgIpc) is 3.20. The monoisotopic (exact) mass is 654 g/mol. The molecule has 11 heteroatoms. The van der Waals surface area contributed by atoms with Crippen LogP contribution < -0.4 is 0 Å². The SMILES string of the molecule is C.C[C@]1(c2cccc(CBr)c2)OC(=O)CC1=O.Cc1cccc([C@@]2(C)OC(=O)CC2=O)c1.ClC(Cl)(Cl)Cl. The highest BCUT2D eigenvalue weighted by Crippen LogP contribution is 2.35. The quantitative estimate of drug-likeness (QED) is 0.197. The van der Waals surface area contributed by atoms with Crippen LogP contribution in [0.25, 0.3) is 0 Å². The number of alkyl halides is 5. The van der Waals surface area contributed by atoms with E-state index >= 15 is 0 Å². The molecule has 0 amide bonds. The fraction of sp³-hybridized carbons (Fsp3) is 0.385. The van der Waals surface area contributed by atoms with Crippen LogP contribution in [0.15, 0.2) is 48.5 Å². The zero-order valence-corrected chi connectivity index (χ0v) is 24.2. The van der Waals surface area contributed by atoms with Gasteiger partial charge >= 0.3 is 11.9 Å². The molecule has 4 rings (SSSR count). The van der Waals surface area contributed by atoms with E-state index in [9.17, 15) is 19.2 Å². The van der Waals surface area contributed by atoms with Gasteiger partial charge in [-0.1, -0.05) is 124 Å². The van der Waals surface area contributed by atoms with Crippen molar-refractivity contribution in [2.75, 3.05) is 0 Å². The van der Waals surface area contributed by atoms with Crippen LogP contribution in [0.4, 0.5) is 0 Å². The number of cyclic esters (lactones) is 2. The Kier molecular flexibility index (Phi) is 12.1. The summed E-state index contributed by atoms with van der Waals surface area (Å²) in [6, 6.07) is 15.0. The summed E-state index contributed by atoms with van der Waals surface area (Å²) in [6.07, 6.45) is -0.251. The van der Waals surface area contributed by atoms with Crippen molar-refractivity contribution in [1.29, 1.82) is 0 Å². The molecular formula is C26H27BrCl4O6. The highest BCUT2D eigenvalue weighted by atomic mass is 79.9. The van der Waals surface area contributed by atoms with E-state index < -0.39 is 26.4 Å². The first-order chi connectivity index (χ1) is 16.6. The van der Waals surface area contributed by atoms with Gasteiger partial charge in [-0.25, -0.2) is 0 Å². The van der Waals surface area contributed by atoms with Gasteiger partial charge in [0.05, 0.1) is 0 Å². The molecule has 2 aliphatic heterocycles. The fourth-order valence-corrected chi connectivity index (χ4v) is 3.92. The zero-order chi connectivity index (χ0) is 27.3. The Morgan fingerprint density at radius 1 is 0.811 bits per heavy atom. The van der Waals surface area contributed by atoms with Crippen molar-refractivity contribution in [2.24, 2.45) is 0 Å². The molecule has 2 aromatic carbocycles. The van der Waals surface area contributed by atoms with E-state index in [-0.39, 0.29) is 31.8 Å². The Balaban J connectivity index is 0.000000307. The lowest BCUT2D eigenvalue weighted by Crippen LogP contribution is -2.29. The molecule has 0 radical (unpaired) electrons. The summed E-state index contributed by atoms with van der Waals surface area (Å²) in [4.78, 5) is 45.7. The Morgan fingerprint density at radius 3 is 1.57 bits per heavy atom. The summed E-state index contributed by atoms with van der Waals surface area (Å²) in [7, 11) is 0. The first-order valence-electron chi connectivity index (χ1n) is 10.6. The minimum atomic E-state index is -1.61. The van der Waals surface area contributed by atoms with Crippen molar-refractivity contribution in [3.63, 3.8) is 0 Å². The molecular weight excluding hydrogens is 630 g/mol. The fourth-order valence-electron chi connectivity index (χ4n) is 3.57. The van der Waals surface area contributed by atoms with Gasteiger partial charge in [0.1, 0.15) is 12.8 Å². The summed E-state index contributed by atoms with van der Waals surface area (Å²) in [5, 5.41) is 0.707. The van der Waals surface area contributed by atoms with Gasteiger partial charge in [0, 0.05) is 16.5 Å². The van der Waals surface area contributed by atoms with Gasteiger partial charge in [0.15, 0.2) is 22.8 Å². The minimum Gasteiger partial charge on any atom is -0.446 e. The number of rotatable bonds is 3. The van der Waals surface area contributed by atoms with Crippen molar-refractivity contribution < 1.29 is 28.7 Å². The number of carbonyl (C=O) groups is 4. The van der Waals surface area contributed by atoms with E-state index in [0.717, 1.165) is 22.3 Å². The second-order valence-corrected chi connectivity index (χ2v) is 12.3. The van der Waals surface area contributed by atoms with Gasteiger partial charge in [0.25, 0.3) is 3.25 Å². The maximum Gasteiger partial charge on any atom is 0.314 e. The normalized spacial score (nSPS) is 22.6. The second kappa shape index (κ2) is 13.4. The molecule has 0 N–H and O–H groups in total. The number of hydrogen-bond donors (Lipinski definition) is 0. The molecule has 2 fully saturated rings. The summed E-state index contributed by atoms with van der Waals surface area (Å²) < 4.78 is 8.65. The molecule has 0 aliphatic carbocycles. The maximum absolute atomic E-state index is 11.7. The van der Waals surface area contributed by atoms with Gasteiger partial charge < -0.3 is 9.47 Å². The molecule has 2 heterocycles. The van der Waals surface area contributed by atoms with Crippen molar-refractivity contribution in [2.45, 2.75) is 60.8 Å². The molecule has 0 spiro atoms. The number of halogens is 5. The van der Waals surface area contributed by atoms with E-state index in [4.69, 9.17) is 55.9 Å². The minimum absolute atomic E-state index is 0. The molecule has 37 heavy (non-hydrogen) atoms. The molecule has 0 unspecified atom stereocenters. The largest absolute Gasteiger partial charge is 0.446 e. The summed E-state index contributed by atoms with van der Waals surface area (Å²) in [6.45, 7) is 5.23. The van der Waals surface area contributed by atoms with Gasteiger partial charge in [-0.3, -0.25) is 19.2 Å². The Labute approximate surface area is 245 Å². The second-order valence-electron chi connectivity index (χ2n) is 8.35. The summed E-state index contributed by atoms with van der Waals surface area (Å²) in [5.41, 5.74) is 1.40. The van der Waals surface area contributed by atoms with E-state index in [1.807, 2.05) is 55.5 Å². The van der Waals surface area contributed by atoms with Crippen molar-refractivity contribution in [3.05, 3.63) is 70.8 Å². The van der Waals surface area contributed by atoms with Crippen LogP contribution in [-0.2, 0) is 45.2 Å². The topological polar surface area (TPSA) is 86.7 Å². The number of ether oxygens (including phenoxy) is 2. The summed E-state index contributed by atoms with van der Waals surface area (Å²) in [5.74, 6) is -1.23. The lowest BCUT2D eigenvalue weighted by atomic mass is 9.91. The molecule has 0 aromatic heterocycles. The van der Waals surface area contributed by atoms with Crippen LogP contribution in [0.3, 0.4) is 0 Å². The Hall–Kier alpha value is -1.64. The molecule has 6 nitrogen and oxygen atoms in total. The highest BCUT2D eigenvalue weighted by Gasteiger charge is 2.46. The number of esters is 2. The lowest BCUT2D eigenvalue weighted by Gasteiger charge is -2.21. The molecule has 2 saturated heterocycles. The van der Waals surface area contributed by atoms with E-state index in [2.05, 4.69) is 15.9 Å². The van der Waals surface area contributed by atoms with E-state index in [0.29, 0.717) is 5.33 Å². The molecule has 2 aliphatic rings. The number of ketones is 2. The predicted octanol–water partition coefficient (Wildman–Crippen LogP) is 7.23. The molecule has 0 saturated carbocycles. The molecule has 2 aromatic rings. The van der Waals surface area contributed by atoms with E-state index in [1.54, 1.807) is 13.8 Å². The molecule has 202 valence electrons. The van der Waals surface area contributed by atoms with Gasteiger partial charge in [0.2, 0.25) is 0 Å². The van der Waals surface area contributed by atoms with Crippen LogP contribution in [-0.4, -0.2) is 26.8 Å². The summed E-state index contributed by atoms with van der Waals surface area (Å²) >= 11 is 22.7. The predicted molar refractivity (Wildman–Crippen MR) is 149 cm³/mol. The first-order valence-corrected chi connectivity index (χ1v) is 13.2. The Morgan fingerprint density at radius 2 is 1.22 bits per heavy atom. The van der Waals surface area contributed by atoms with Crippen LogP contribution >= 0.6 is 62.3 Å². The van der Waals surface area contributed by atoms with Crippen molar-refractivity contribution in [1.82, 2.24) is 0 Å². The van der Waals surface area contributed by atoms with Crippen LogP contribution in [0.1, 0.15) is 56.4 Å². The number of hydrogen-bond acceptors (Lipinski definition) is 6. The van der Waals surface area contributed by atoms with Gasteiger partial charge in [-0.2, -0.15) is 0 Å². The smallest absolute Gasteiger partial charge is 0.314 e. The van der Waals surface area contributed by atoms with Gasteiger partial charge in [-0.15, -0.1) is 0 Å². The van der Waals surface area contributed by atoms with Crippen LogP contribution in [0.5, 0.6) is 0 Å². The number of aryl methyl sites for hydroxylation is 1. The standard InChI is InChI=1S/C12H11BrO3.C12H12O3.CCl4.CH4/c1-12(10(14)6-11(15)16-12)9-4-2-3-8(5-9)7-13;1-8-4-3-5-9(6-8)12(2)10(13)7-11(14)15-12;2-1(3,4)5;/h2-5H,6-7H2,1H3;3-6H,7H2,1-2H3;;1H4/t2*12-;;/m11../s1. The zero-order valence-electron chi connectivity index (χ0n) is 19.6. The molecule has 2 atom stereocenters. The lowest BCUT2D eigenvalue weighted by molar-refractivity contribution is -0.151. The van der Waals surface area contributed by atoms with Crippen LogP contribution in [0, 0.1) is 6.92 Å². The van der Waals surface area contributed by atoms with Gasteiger partial charge in [-0.05, 0) is 26.3 Å². The third-order valence-electron chi connectivity index (χ3n) is 5.51. The van der Waals surface area contributed by atoms with Crippen LogP contribution in [0.2, 0.25) is 0 Å². The average molecular weight is 657 g/mol. The highest BCUT2D eigenvalue weighted by molar-refractivity contribution is 9.08. The number of carbonyl (C=O) groups excluding carboxylic acids is 4. The third-order valence-corrected chi connectivity index (χ3v) is 6.16. The third kappa shape index (κ3) is 9.25. The van der Waals surface area contributed by atoms with Crippen molar-refractivity contribution >= 4 is 85.8 Å². The first kappa shape index (κ1) is 33.4. The molecule has 0 bridgehead atoms.